The lowest BCUT2D eigenvalue weighted by atomic mass is 10.2. The number of hydrogen-bond donors (Lipinski definition) is 1. The summed E-state index contributed by atoms with van der Waals surface area (Å²) in [6, 6.07) is 8.35. The van der Waals surface area contributed by atoms with Gasteiger partial charge in [-0.2, -0.15) is 0 Å². The van der Waals surface area contributed by atoms with Crippen LogP contribution in [0.3, 0.4) is 0 Å². The van der Waals surface area contributed by atoms with Gasteiger partial charge in [0.1, 0.15) is 10.6 Å². The van der Waals surface area contributed by atoms with Crippen LogP contribution in [0.5, 0.6) is 5.75 Å². The highest BCUT2D eigenvalue weighted by Gasteiger charge is 2.24. The van der Waals surface area contributed by atoms with Crippen molar-refractivity contribution in [1.82, 2.24) is 5.16 Å². The Morgan fingerprint density at radius 2 is 2.08 bits per heavy atom. The third-order valence-corrected chi connectivity index (χ3v) is 6.33. The van der Waals surface area contributed by atoms with Crippen molar-refractivity contribution >= 4 is 54.3 Å². The standard InChI is InChI=1S/C16H14BrClN2O4S/c1-3-9-4-6-11(23-2)13(8-9)25(21,22)20-16-14-12(24-19-16)7-5-10(17)15(14)18/h4-8H,3H2,1-2H3,(H,19,20). The lowest BCUT2D eigenvalue weighted by molar-refractivity contribution is 0.402. The molecule has 25 heavy (non-hydrogen) atoms. The molecule has 0 aliphatic carbocycles. The number of ether oxygens (including phenoxy) is 1. The van der Waals surface area contributed by atoms with Gasteiger partial charge in [-0.1, -0.05) is 29.7 Å². The summed E-state index contributed by atoms with van der Waals surface area (Å²) in [5.74, 6) is 0.259. The van der Waals surface area contributed by atoms with Crippen molar-refractivity contribution in [3.8, 4) is 5.75 Å². The molecule has 132 valence electrons. The van der Waals surface area contributed by atoms with Gasteiger partial charge < -0.3 is 9.26 Å². The first-order valence-corrected chi connectivity index (χ1v) is 9.96. The van der Waals surface area contributed by atoms with Gasteiger partial charge in [-0.25, -0.2) is 8.42 Å². The number of aryl methyl sites for hydroxylation is 1. The molecule has 1 N–H and O–H groups in total. The fraction of sp³-hybridized carbons (Fsp3) is 0.188. The van der Waals surface area contributed by atoms with E-state index in [1.165, 1.54) is 7.11 Å². The molecule has 0 aliphatic heterocycles. The van der Waals surface area contributed by atoms with E-state index < -0.39 is 10.0 Å². The molecule has 2 aromatic carbocycles. The highest BCUT2D eigenvalue weighted by molar-refractivity contribution is 9.10. The Bertz CT molecular complexity index is 1050. The van der Waals surface area contributed by atoms with Crippen molar-refractivity contribution in [2.75, 3.05) is 11.8 Å². The van der Waals surface area contributed by atoms with Crippen LogP contribution in [0.25, 0.3) is 11.0 Å². The summed E-state index contributed by atoms with van der Waals surface area (Å²) in [5, 5.41) is 4.49. The maximum absolute atomic E-state index is 12.9. The average Bonchev–Trinajstić information content (AvgIpc) is 3.00. The topological polar surface area (TPSA) is 81.4 Å². The average molecular weight is 446 g/mol. The highest BCUT2D eigenvalue weighted by atomic mass is 79.9. The van der Waals surface area contributed by atoms with Crippen molar-refractivity contribution in [2.24, 2.45) is 0 Å². The molecule has 0 unspecified atom stereocenters. The Morgan fingerprint density at radius 3 is 2.76 bits per heavy atom. The number of nitrogens with zero attached hydrogens (tertiary/aromatic N) is 1. The minimum atomic E-state index is -3.95. The van der Waals surface area contributed by atoms with Crippen molar-refractivity contribution in [1.29, 1.82) is 0 Å². The zero-order chi connectivity index (χ0) is 18.2. The predicted molar refractivity (Wildman–Crippen MR) is 99.9 cm³/mol. The van der Waals surface area contributed by atoms with Crippen LogP contribution in [0.4, 0.5) is 5.82 Å². The number of sulfonamides is 1. The normalized spacial score (nSPS) is 11.7. The van der Waals surface area contributed by atoms with E-state index in [1.807, 2.05) is 13.0 Å². The van der Waals surface area contributed by atoms with E-state index in [0.29, 0.717) is 26.9 Å². The second-order valence-electron chi connectivity index (χ2n) is 5.21. The van der Waals surface area contributed by atoms with E-state index in [0.717, 1.165) is 5.56 Å². The lowest BCUT2D eigenvalue weighted by Gasteiger charge is -2.11. The number of halogens is 2. The summed E-state index contributed by atoms with van der Waals surface area (Å²) in [6.45, 7) is 1.94. The first-order chi connectivity index (χ1) is 11.9. The van der Waals surface area contributed by atoms with Crippen molar-refractivity contribution in [3.63, 3.8) is 0 Å². The minimum Gasteiger partial charge on any atom is -0.495 e. The molecule has 0 bridgehead atoms. The number of methoxy groups -OCH3 is 1. The van der Waals surface area contributed by atoms with Crippen molar-refractivity contribution in [3.05, 3.63) is 45.4 Å². The summed E-state index contributed by atoms with van der Waals surface area (Å²) in [5.41, 5.74) is 1.24. The fourth-order valence-corrected chi connectivity index (χ4v) is 4.18. The van der Waals surface area contributed by atoms with E-state index >= 15 is 0 Å². The number of benzene rings is 2. The van der Waals surface area contributed by atoms with E-state index in [9.17, 15) is 8.42 Å². The van der Waals surface area contributed by atoms with Gasteiger partial charge in [-0.05, 0) is 52.2 Å². The largest absolute Gasteiger partial charge is 0.495 e. The summed E-state index contributed by atoms with van der Waals surface area (Å²) in [7, 11) is -2.53. The molecule has 3 aromatic rings. The van der Waals surface area contributed by atoms with Gasteiger partial charge in [-0.3, -0.25) is 4.72 Å². The van der Waals surface area contributed by atoms with E-state index in [2.05, 4.69) is 25.8 Å². The molecular formula is C16H14BrClN2O4S. The molecule has 0 saturated heterocycles. The summed E-state index contributed by atoms with van der Waals surface area (Å²) < 4.78 is 39.1. The molecule has 0 spiro atoms. The third kappa shape index (κ3) is 3.33. The van der Waals surface area contributed by atoms with Gasteiger partial charge in [0.05, 0.1) is 17.5 Å². The number of anilines is 1. The quantitative estimate of drug-likeness (QED) is 0.620. The van der Waals surface area contributed by atoms with Gasteiger partial charge >= 0.3 is 0 Å². The molecule has 0 aliphatic rings. The molecule has 9 heteroatoms. The van der Waals surface area contributed by atoms with Crippen molar-refractivity contribution in [2.45, 2.75) is 18.2 Å². The number of nitrogens with one attached hydrogen (secondary N) is 1. The zero-order valence-corrected chi connectivity index (χ0v) is 16.5. The molecule has 0 radical (unpaired) electrons. The van der Waals surface area contributed by atoms with Gasteiger partial charge in [0.2, 0.25) is 0 Å². The molecule has 1 heterocycles. The zero-order valence-electron chi connectivity index (χ0n) is 13.3. The van der Waals surface area contributed by atoms with E-state index in [4.69, 9.17) is 20.9 Å². The van der Waals surface area contributed by atoms with Gasteiger partial charge in [-0.15, -0.1) is 0 Å². The molecule has 6 nitrogen and oxygen atoms in total. The van der Waals surface area contributed by atoms with Crippen LogP contribution in [0.1, 0.15) is 12.5 Å². The maximum atomic E-state index is 12.9. The van der Waals surface area contributed by atoms with Gasteiger partial charge in [0, 0.05) is 4.47 Å². The highest BCUT2D eigenvalue weighted by Crippen LogP contribution is 2.37. The fourth-order valence-electron chi connectivity index (χ4n) is 2.37. The van der Waals surface area contributed by atoms with Crippen LogP contribution in [0.15, 0.2) is 44.2 Å². The van der Waals surface area contributed by atoms with Crippen molar-refractivity contribution < 1.29 is 17.7 Å². The van der Waals surface area contributed by atoms with Crippen LogP contribution < -0.4 is 9.46 Å². The maximum Gasteiger partial charge on any atom is 0.266 e. The van der Waals surface area contributed by atoms with Crippen LogP contribution in [0.2, 0.25) is 5.02 Å². The molecule has 0 atom stereocenters. The van der Waals surface area contributed by atoms with Crippen LogP contribution in [-0.2, 0) is 16.4 Å². The number of fused-ring (bicyclic) bond motifs is 1. The Hall–Kier alpha value is -1.77. The number of rotatable bonds is 5. The Balaban J connectivity index is 2.10. The number of aromatic nitrogens is 1. The van der Waals surface area contributed by atoms with E-state index in [1.54, 1.807) is 24.3 Å². The minimum absolute atomic E-state index is 0.0188. The Morgan fingerprint density at radius 1 is 1.32 bits per heavy atom. The number of hydrogen-bond acceptors (Lipinski definition) is 5. The first kappa shape index (κ1) is 18.0. The van der Waals surface area contributed by atoms with Crippen LogP contribution in [0, 0.1) is 0 Å². The van der Waals surface area contributed by atoms with E-state index in [-0.39, 0.29) is 16.5 Å². The SMILES string of the molecule is CCc1ccc(OC)c(S(=O)(=O)Nc2noc3ccc(Br)c(Cl)c23)c1. The molecule has 0 saturated carbocycles. The monoisotopic (exact) mass is 444 g/mol. The predicted octanol–water partition coefficient (Wildman–Crippen LogP) is 4.62. The lowest BCUT2D eigenvalue weighted by Crippen LogP contribution is -2.15. The summed E-state index contributed by atoms with van der Waals surface area (Å²) in [6.07, 6.45) is 0.693. The summed E-state index contributed by atoms with van der Waals surface area (Å²) in [4.78, 5) is 0.0246. The molecular weight excluding hydrogens is 432 g/mol. The smallest absolute Gasteiger partial charge is 0.266 e. The van der Waals surface area contributed by atoms with Crippen LogP contribution >= 0.6 is 27.5 Å². The molecule has 0 fully saturated rings. The Labute approximate surface area is 158 Å². The molecule has 3 rings (SSSR count). The third-order valence-electron chi connectivity index (χ3n) is 3.69. The van der Waals surface area contributed by atoms with Crippen LogP contribution in [-0.4, -0.2) is 20.7 Å². The van der Waals surface area contributed by atoms with Gasteiger partial charge in [0.15, 0.2) is 11.4 Å². The first-order valence-electron chi connectivity index (χ1n) is 7.30. The second kappa shape index (κ2) is 6.86. The summed E-state index contributed by atoms with van der Waals surface area (Å²) >= 11 is 9.55. The second-order valence-corrected chi connectivity index (χ2v) is 8.09. The molecule has 0 amide bonds. The molecule has 1 aromatic heterocycles. The Kier molecular flexibility index (Phi) is 4.95. The van der Waals surface area contributed by atoms with Gasteiger partial charge in [0.25, 0.3) is 10.0 Å².